The van der Waals surface area contributed by atoms with E-state index in [1.807, 2.05) is 19.1 Å². The number of carbonyl (C=O) groups is 2. The van der Waals surface area contributed by atoms with Gasteiger partial charge in [-0.3, -0.25) is 4.79 Å². The van der Waals surface area contributed by atoms with Crippen molar-refractivity contribution in [3.63, 3.8) is 0 Å². The van der Waals surface area contributed by atoms with Gasteiger partial charge in [-0.25, -0.2) is 9.48 Å². The molecule has 3 rings (SSSR count). The van der Waals surface area contributed by atoms with E-state index in [2.05, 4.69) is 40.0 Å². The number of aryl methyl sites for hydroxylation is 1. The maximum absolute atomic E-state index is 12.7. The number of ether oxygens (including phenoxy) is 1. The highest BCUT2D eigenvalue weighted by Crippen LogP contribution is 2.24. The van der Waals surface area contributed by atoms with Crippen molar-refractivity contribution in [2.45, 2.75) is 20.8 Å². The Morgan fingerprint density at radius 2 is 1.81 bits per heavy atom. The summed E-state index contributed by atoms with van der Waals surface area (Å²) in [6.45, 7) is 8.06. The first kappa shape index (κ1) is 21.9. The molecule has 0 spiro atoms. The number of nitrogens with one attached hydrogen (secondary N) is 1. The fourth-order valence-electron chi connectivity index (χ4n) is 3.35. The summed E-state index contributed by atoms with van der Waals surface area (Å²) >= 11 is 0. The molecule has 8 nitrogen and oxygen atoms in total. The molecule has 31 heavy (non-hydrogen) atoms. The topological polar surface area (TPSA) is 102 Å². The molecule has 0 aliphatic carbocycles. The Labute approximate surface area is 181 Å². The van der Waals surface area contributed by atoms with E-state index in [0.717, 1.165) is 30.0 Å². The van der Waals surface area contributed by atoms with E-state index in [-0.39, 0.29) is 17.3 Å². The molecule has 0 fully saturated rings. The standard InChI is InChI=1S/C23H27N5O3/c1-5-27(6-2)18-11-12-20(15(3)13-18)26-22(29)16-7-9-17(10-8-16)28-21(24)19(14-25-28)23(30)31-4/h7-14H,5-6,24H2,1-4H3,(H,26,29). The largest absolute Gasteiger partial charge is 0.465 e. The number of esters is 1. The molecule has 0 atom stereocenters. The van der Waals surface area contributed by atoms with Gasteiger partial charge in [-0.15, -0.1) is 0 Å². The van der Waals surface area contributed by atoms with Crippen molar-refractivity contribution in [3.8, 4) is 5.69 Å². The van der Waals surface area contributed by atoms with Gasteiger partial charge in [0.05, 0.1) is 19.0 Å². The van der Waals surface area contributed by atoms with Crippen molar-refractivity contribution >= 4 is 29.1 Å². The number of hydrogen-bond acceptors (Lipinski definition) is 6. The predicted molar refractivity (Wildman–Crippen MR) is 122 cm³/mol. The van der Waals surface area contributed by atoms with Crippen molar-refractivity contribution in [1.29, 1.82) is 0 Å². The van der Waals surface area contributed by atoms with Crippen molar-refractivity contribution in [2.24, 2.45) is 0 Å². The third-order valence-electron chi connectivity index (χ3n) is 5.17. The predicted octanol–water partition coefficient (Wildman–Crippen LogP) is 3.65. The molecule has 8 heteroatoms. The van der Waals surface area contributed by atoms with Crippen LogP contribution >= 0.6 is 0 Å². The van der Waals surface area contributed by atoms with E-state index >= 15 is 0 Å². The fraction of sp³-hybridized carbons (Fsp3) is 0.261. The Morgan fingerprint density at radius 1 is 1.13 bits per heavy atom. The number of rotatable bonds is 7. The van der Waals surface area contributed by atoms with Crippen LogP contribution in [0.5, 0.6) is 0 Å². The molecule has 0 aliphatic rings. The van der Waals surface area contributed by atoms with E-state index in [1.54, 1.807) is 24.3 Å². The highest BCUT2D eigenvalue weighted by Gasteiger charge is 2.17. The summed E-state index contributed by atoms with van der Waals surface area (Å²) in [5, 5.41) is 7.09. The molecule has 1 aromatic heterocycles. The minimum Gasteiger partial charge on any atom is -0.465 e. The third-order valence-corrected chi connectivity index (χ3v) is 5.17. The van der Waals surface area contributed by atoms with Gasteiger partial charge in [0.15, 0.2) is 0 Å². The molecule has 3 aromatic rings. The van der Waals surface area contributed by atoms with Gasteiger partial charge in [0.2, 0.25) is 0 Å². The number of nitrogens with zero attached hydrogens (tertiary/aromatic N) is 3. The number of carbonyl (C=O) groups excluding carboxylic acids is 2. The summed E-state index contributed by atoms with van der Waals surface area (Å²) in [6, 6.07) is 12.8. The molecule has 1 amide bonds. The Morgan fingerprint density at radius 3 is 2.39 bits per heavy atom. The third kappa shape index (κ3) is 4.53. The van der Waals surface area contributed by atoms with Gasteiger partial charge in [0.1, 0.15) is 11.4 Å². The van der Waals surface area contributed by atoms with E-state index < -0.39 is 5.97 Å². The van der Waals surface area contributed by atoms with Crippen LogP contribution in [0.15, 0.2) is 48.7 Å². The maximum atomic E-state index is 12.7. The first-order valence-corrected chi connectivity index (χ1v) is 10.1. The van der Waals surface area contributed by atoms with Crippen LogP contribution in [0.1, 0.15) is 40.1 Å². The van der Waals surface area contributed by atoms with Crippen LogP contribution in [0.3, 0.4) is 0 Å². The monoisotopic (exact) mass is 421 g/mol. The lowest BCUT2D eigenvalue weighted by molar-refractivity contribution is 0.0602. The van der Waals surface area contributed by atoms with Crippen LogP contribution in [-0.4, -0.2) is 41.9 Å². The second kappa shape index (κ2) is 9.34. The zero-order chi connectivity index (χ0) is 22.5. The number of anilines is 3. The van der Waals surface area contributed by atoms with Gasteiger partial charge < -0.3 is 20.7 Å². The van der Waals surface area contributed by atoms with Gasteiger partial charge in [0.25, 0.3) is 5.91 Å². The Balaban J connectivity index is 1.76. The van der Waals surface area contributed by atoms with E-state index in [1.165, 1.54) is 18.0 Å². The summed E-state index contributed by atoms with van der Waals surface area (Å²) in [4.78, 5) is 26.7. The van der Waals surface area contributed by atoms with Gasteiger partial charge in [-0.05, 0) is 68.8 Å². The first-order valence-electron chi connectivity index (χ1n) is 10.1. The zero-order valence-electron chi connectivity index (χ0n) is 18.2. The van der Waals surface area contributed by atoms with Crippen LogP contribution < -0.4 is 16.0 Å². The average molecular weight is 422 g/mol. The highest BCUT2D eigenvalue weighted by molar-refractivity contribution is 6.04. The molecule has 0 aliphatic heterocycles. The normalized spacial score (nSPS) is 10.6. The van der Waals surface area contributed by atoms with Gasteiger partial charge in [-0.2, -0.15) is 5.10 Å². The first-order chi connectivity index (χ1) is 14.9. The number of hydrogen-bond donors (Lipinski definition) is 2. The number of methoxy groups -OCH3 is 1. The number of amides is 1. The lowest BCUT2D eigenvalue weighted by Gasteiger charge is -2.22. The van der Waals surface area contributed by atoms with Crippen molar-refractivity contribution in [1.82, 2.24) is 9.78 Å². The van der Waals surface area contributed by atoms with Crippen molar-refractivity contribution in [2.75, 3.05) is 36.1 Å². The van der Waals surface area contributed by atoms with Crippen molar-refractivity contribution < 1.29 is 14.3 Å². The zero-order valence-corrected chi connectivity index (χ0v) is 18.2. The van der Waals surface area contributed by atoms with Gasteiger partial charge in [0, 0.05) is 30.0 Å². The lowest BCUT2D eigenvalue weighted by Crippen LogP contribution is -2.22. The average Bonchev–Trinajstić information content (AvgIpc) is 3.17. The number of benzene rings is 2. The highest BCUT2D eigenvalue weighted by atomic mass is 16.5. The molecular formula is C23H27N5O3. The number of nitrogens with two attached hydrogens (primary N) is 1. The van der Waals surface area contributed by atoms with E-state index in [9.17, 15) is 9.59 Å². The second-order valence-corrected chi connectivity index (χ2v) is 7.02. The smallest absolute Gasteiger partial charge is 0.343 e. The molecule has 0 saturated heterocycles. The minimum atomic E-state index is -0.554. The van der Waals surface area contributed by atoms with Crippen LogP contribution in [0, 0.1) is 6.92 Å². The lowest BCUT2D eigenvalue weighted by atomic mass is 10.1. The molecule has 3 N–H and O–H groups in total. The summed E-state index contributed by atoms with van der Waals surface area (Å²) in [5.74, 6) is -0.593. The molecular weight excluding hydrogens is 394 g/mol. The van der Waals surface area contributed by atoms with Crippen LogP contribution in [0.25, 0.3) is 5.69 Å². The number of nitrogen functional groups attached to an aromatic ring is 1. The summed E-state index contributed by atoms with van der Waals surface area (Å²) in [5.41, 5.74) is 10.2. The minimum absolute atomic E-state index is 0.174. The molecule has 0 unspecified atom stereocenters. The molecule has 2 aromatic carbocycles. The Bertz CT molecular complexity index is 1090. The molecule has 1 heterocycles. The maximum Gasteiger partial charge on any atom is 0.343 e. The molecule has 0 radical (unpaired) electrons. The summed E-state index contributed by atoms with van der Waals surface area (Å²) in [6.07, 6.45) is 1.35. The van der Waals surface area contributed by atoms with Crippen LogP contribution in [-0.2, 0) is 4.74 Å². The molecule has 0 saturated carbocycles. The Kier molecular flexibility index (Phi) is 6.59. The van der Waals surface area contributed by atoms with Crippen molar-refractivity contribution in [3.05, 3.63) is 65.4 Å². The fourth-order valence-corrected chi connectivity index (χ4v) is 3.35. The Hall–Kier alpha value is -3.81. The van der Waals surface area contributed by atoms with E-state index in [4.69, 9.17) is 5.73 Å². The quantitative estimate of drug-likeness (QED) is 0.565. The number of aromatic nitrogens is 2. The SMILES string of the molecule is CCN(CC)c1ccc(NC(=O)c2ccc(-n3ncc(C(=O)OC)c3N)cc2)c(C)c1. The molecule has 162 valence electrons. The van der Waals surface area contributed by atoms with Gasteiger partial charge >= 0.3 is 5.97 Å². The van der Waals surface area contributed by atoms with Crippen LogP contribution in [0.4, 0.5) is 17.2 Å². The second-order valence-electron chi connectivity index (χ2n) is 7.02. The van der Waals surface area contributed by atoms with Gasteiger partial charge in [-0.1, -0.05) is 0 Å². The van der Waals surface area contributed by atoms with E-state index in [0.29, 0.717) is 11.3 Å². The molecule has 0 bridgehead atoms. The summed E-state index contributed by atoms with van der Waals surface area (Å²) in [7, 11) is 1.28. The summed E-state index contributed by atoms with van der Waals surface area (Å²) < 4.78 is 6.11. The van der Waals surface area contributed by atoms with Crippen LogP contribution in [0.2, 0.25) is 0 Å².